The van der Waals surface area contributed by atoms with Gasteiger partial charge in [0.2, 0.25) is 10.0 Å². The van der Waals surface area contributed by atoms with Crippen LogP contribution in [0.2, 0.25) is 0 Å². The second kappa shape index (κ2) is 5.19. The predicted molar refractivity (Wildman–Crippen MR) is 63.7 cm³/mol. The first-order valence-corrected chi connectivity index (χ1v) is 6.53. The first-order chi connectivity index (χ1) is 8.24. The number of anilines is 1. The molecule has 1 aromatic rings. The summed E-state index contributed by atoms with van der Waals surface area (Å²) < 4.78 is 39.1. The van der Waals surface area contributed by atoms with Crippen LogP contribution in [0.5, 0.6) is 0 Å². The van der Waals surface area contributed by atoms with Crippen LogP contribution in [0.3, 0.4) is 0 Å². The molecule has 0 atom stereocenters. The molecule has 0 spiro atoms. The Kier molecular flexibility index (Phi) is 4.28. The van der Waals surface area contributed by atoms with Gasteiger partial charge in [0.25, 0.3) is 0 Å². The number of aliphatic hydroxyl groups is 2. The van der Waals surface area contributed by atoms with Gasteiger partial charge in [0, 0.05) is 0 Å². The largest absolute Gasteiger partial charge is 0.396 e. The van der Waals surface area contributed by atoms with Gasteiger partial charge in [0.15, 0.2) is 0 Å². The minimum atomic E-state index is -4.05. The zero-order valence-electron chi connectivity index (χ0n) is 9.72. The summed E-state index contributed by atoms with van der Waals surface area (Å²) in [5.41, 5.74) is 3.66. The van der Waals surface area contributed by atoms with Crippen molar-refractivity contribution in [3.8, 4) is 0 Å². The topological polar surface area (TPSA) is 113 Å². The van der Waals surface area contributed by atoms with E-state index >= 15 is 0 Å². The van der Waals surface area contributed by atoms with E-state index in [1.54, 1.807) is 0 Å². The minimum Gasteiger partial charge on any atom is -0.396 e. The Morgan fingerprint density at radius 2 is 1.94 bits per heavy atom. The molecule has 0 saturated carbocycles. The molecule has 0 saturated heterocycles. The summed E-state index contributed by atoms with van der Waals surface area (Å²) in [5, 5.41) is 18.0. The fraction of sp³-hybridized carbons (Fsp3) is 0.400. The van der Waals surface area contributed by atoms with Crippen molar-refractivity contribution >= 4 is 15.7 Å². The summed E-state index contributed by atoms with van der Waals surface area (Å²) in [5.74, 6) is -0.854. The molecule has 0 radical (unpaired) electrons. The lowest BCUT2D eigenvalue weighted by Crippen LogP contribution is -2.51. The standard InChI is InChI=1S/C10H15FN2O4S/c1-10(5-14,6-15)13-18(16,17)7-2-3-9(12)8(11)4-7/h2-4,13-15H,5-6,12H2,1H3. The predicted octanol–water partition coefficient (Wildman–Crippen LogP) is -0.571. The van der Waals surface area contributed by atoms with Crippen molar-refractivity contribution in [2.45, 2.75) is 17.4 Å². The zero-order chi connectivity index (χ0) is 14.0. The second-order valence-corrected chi connectivity index (χ2v) is 5.85. The van der Waals surface area contributed by atoms with E-state index < -0.39 is 34.6 Å². The van der Waals surface area contributed by atoms with Crippen molar-refractivity contribution in [1.82, 2.24) is 4.72 Å². The molecule has 0 bridgehead atoms. The van der Waals surface area contributed by atoms with E-state index in [9.17, 15) is 12.8 Å². The molecule has 6 nitrogen and oxygen atoms in total. The van der Waals surface area contributed by atoms with Gasteiger partial charge in [-0.2, -0.15) is 0 Å². The smallest absolute Gasteiger partial charge is 0.241 e. The van der Waals surface area contributed by atoms with E-state index in [0.29, 0.717) is 0 Å². The summed E-state index contributed by atoms with van der Waals surface area (Å²) in [6.07, 6.45) is 0. The van der Waals surface area contributed by atoms with Gasteiger partial charge >= 0.3 is 0 Å². The van der Waals surface area contributed by atoms with E-state index in [-0.39, 0.29) is 10.6 Å². The van der Waals surface area contributed by atoms with Gasteiger partial charge in [-0.1, -0.05) is 0 Å². The fourth-order valence-corrected chi connectivity index (χ4v) is 2.57. The normalized spacial score (nSPS) is 12.7. The molecule has 8 heteroatoms. The lowest BCUT2D eigenvalue weighted by molar-refractivity contribution is 0.122. The molecule has 0 aliphatic carbocycles. The quantitative estimate of drug-likeness (QED) is 0.539. The average Bonchev–Trinajstić information content (AvgIpc) is 2.32. The highest BCUT2D eigenvalue weighted by Crippen LogP contribution is 2.18. The summed E-state index contributed by atoms with van der Waals surface area (Å²) in [6.45, 7) is 0.124. The highest BCUT2D eigenvalue weighted by molar-refractivity contribution is 7.89. The summed E-state index contributed by atoms with van der Waals surface area (Å²) >= 11 is 0. The van der Waals surface area contributed by atoms with E-state index in [0.717, 1.165) is 18.2 Å². The van der Waals surface area contributed by atoms with Gasteiger partial charge in [-0.15, -0.1) is 0 Å². The zero-order valence-corrected chi connectivity index (χ0v) is 10.5. The number of hydrogen-bond donors (Lipinski definition) is 4. The summed E-state index contributed by atoms with van der Waals surface area (Å²) in [7, 11) is -4.05. The third-order valence-electron chi connectivity index (χ3n) is 2.36. The number of benzene rings is 1. The van der Waals surface area contributed by atoms with E-state index in [1.165, 1.54) is 6.92 Å². The summed E-state index contributed by atoms with van der Waals surface area (Å²) in [4.78, 5) is -0.331. The monoisotopic (exact) mass is 278 g/mol. The molecule has 1 aromatic carbocycles. The Labute approximate surface area is 104 Å². The van der Waals surface area contributed by atoms with Crippen molar-refractivity contribution in [3.05, 3.63) is 24.0 Å². The lowest BCUT2D eigenvalue weighted by Gasteiger charge is -2.25. The van der Waals surface area contributed by atoms with Gasteiger partial charge in [-0.3, -0.25) is 0 Å². The average molecular weight is 278 g/mol. The van der Waals surface area contributed by atoms with Crippen molar-refractivity contribution in [2.75, 3.05) is 18.9 Å². The van der Waals surface area contributed by atoms with Gasteiger partial charge in [0.05, 0.1) is 29.3 Å². The van der Waals surface area contributed by atoms with Crippen LogP contribution in [0.1, 0.15) is 6.92 Å². The van der Waals surface area contributed by atoms with Crippen LogP contribution < -0.4 is 10.5 Å². The first-order valence-electron chi connectivity index (χ1n) is 5.05. The molecule has 0 aliphatic heterocycles. The third-order valence-corrected chi connectivity index (χ3v) is 4.00. The second-order valence-electron chi connectivity index (χ2n) is 4.17. The lowest BCUT2D eigenvalue weighted by atomic mass is 10.1. The third kappa shape index (κ3) is 3.16. The fourth-order valence-electron chi connectivity index (χ4n) is 1.17. The van der Waals surface area contributed by atoms with Gasteiger partial charge in [0.1, 0.15) is 5.82 Å². The molecule has 0 aliphatic rings. The van der Waals surface area contributed by atoms with E-state index in [2.05, 4.69) is 4.72 Å². The molecule has 5 N–H and O–H groups in total. The van der Waals surface area contributed by atoms with E-state index in [1.807, 2.05) is 0 Å². The Morgan fingerprint density at radius 3 is 2.39 bits per heavy atom. The number of nitrogen functional groups attached to an aromatic ring is 1. The number of aliphatic hydroxyl groups excluding tert-OH is 2. The number of halogens is 1. The van der Waals surface area contributed by atoms with E-state index in [4.69, 9.17) is 15.9 Å². The molecule has 1 rings (SSSR count). The molecule has 0 aromatic heterocycles. The van der Waals surface area contributed by atoms with Crippen LogP contribution in [0.25, 0.3) is 0 Å². The molecule has 0 heterocycles. The first kappa shape index (κ1) is 14.8. The molecular formula is C10H15FN2O4S. The van der Waals surface area contributed by atoms with Gasteiger partial charge in [-0.05, 0) is 25.1 Å². The highest BCUT2D eigenvalue weighted by atomic mass is 32.2. The molecule has 0 fully saturated rings. The van der Waals surface area contributed by atoms with Crippen LogP contribution in [0, 0.1) is 5.82 Å². The summed E-state index contributed by atoms with van der Waals surface area (Å²) in [6, 6.07) is 3.03. The SMILES string of the molecule is CC(CO)(CO)NS(=O)(=O)c1ccc(N)c(F)c1. The number of hydrogen-bond acceptors (Lipinski definition) is 5. The maximum atomic E-state index is 13.2. The maximum Gasteiger partial charge on any atom is 0.241 e. The number of sulfonamides is 1. The van der Waals surface area contributed by atoms with Gasteiger partial charge in [-0.25, -0.2) is 17.5 Å². The van der Waals surface area contributed by atoms with Crippen molar-refractivity contribution < 1.29 is 23.0 Å². The van der Waals surface area contributed by atoms with Crippen molar-refractivity contribution in [1.29, 1.82) is 0 Å². The highest BCUT2D eigenvalue weighted by Gasteiger charge is 2.29. The number of nitrogens with one attached hydrogen (secondary N) is 1. The Bertz CT molecular complexity index is 529. The molecule has 0 amide bonds. The van der Waals surface area contributed by atoms with Crippen LogP contribution in [-0.4, -0.2) is 37.4 Å². The number of nitrogens with two attached hydrogens (primary N) is 1. The van der Waals surface area contributed by atoms with Gasteiger partial charge < -0.3 is 15.9 Å². The Hall–Kier alpha value is -1.22. The maximum absolute atomic E-state index is 13.2. The number of rotatable bonds is 5. The molecular weight excluding hydrogens is 263 g/mol. The van der Waals surface area contributed by atoms with Crippen molar-refractivity contribution in [2.24, 2.45) is 0 Å². The minimum absolute atomic E-state index is 0.166. The Morgan fingerprint density at radius 1 is 1.39 bits per heavy atom. The molecule has 0 unspecified atom stereocenters. The van der Waals surface area contributed by atoms with Crippen molar-refractivity contribution in [3.63, 3.8) is 0 Å². The molecule has 102 valence electrons. The Balaban J connectivity index is 3.10. The van der Waals surface area contributed by atoms with Crippen LogP contribution >= 0.6 is 0 Å². The molecule has 18 heavy (non-hydrogen) atoms. The van der Waals surface area contributed by atoms with Crippen LogP contribution in [-0.2, 0) is 10.0 Å². The van der Waals surface area contributed by atoms with Crippen LogP contribution in [0.4, 0.5) is 10.1 Å². The van der Waals surface area contributed by atoms with Crippen LogP contribution in [0.15, 0.2) is 23.1 Å².